The maximum absolute atomic E-state index is 14.1. The van der Waals surface area contributed by atoms with Crippen molar-refractivity contribution < 1.29 is 13.9 Å². The third-order valence-corrected chi connectivity index (χ3v) is 8.66. The number of benzene rings is 2. The van der Waals surface area contributed by atoms with Gasteiger partial charge in [-0.15, -0.1) is 0 Å². The standard InChI is InChI=1S/C32H42FN3O2/c1-22(2)30-26-15-14-25(33)21-24(26)16-17-32(30,38-31(37)23-9-4-3-5-10-23)18-20-34-19-8-13-29-35-27-11-6-7-12-28(27)36-29/h6-7,11-12,14-15,21-23,30,34H,3-5,8-10,13,16-20H2,1-2H3,(H,35,36)/t30-,32+/m0/s1. The zero-order valence-corrected chi connectivity index (χ0v) is 22.9. The number of aromatic nitrogens is 2. The predicted molar refractivity (Wildman–Crippen MR) is 150 cm³/mol. The van der Waals surface area contributed by atoms with Crippen molar-refractivity contribution in [1.82, 2.24) is 15.3 Å². The van der Waals surface area contributed by atoms with Gasteiger partial charge in [-0.2, -0.15) is 0 Å². The molecule has 1 fully saturated rings. The van der Waals surface area contributed by atoms with Crippen molar-refractivity contribution in [3.8, 4) is 0 Å². The van der Waals surface area contributed by atoms with E-state index in [0.717, 1.165) is 98.9 Å². The fourth-order valence-corrected chi connectivity index (χ4v) is 6.84. The van der Waals surface area contributed by atoms with Gasteiger partial charge in [0, 0.05) is 18.8 Å². The highest BCUT2D eigenvalue weighted by Crippen LogP contribution is 2.48. The Morgan fingerprint density at radius 3 is 2.76 bits per heavy atom. The van der Waals surface area contributed by atoms with Gasteiger partial charge in [-0.25, -0.2) is 9.37 Å². The lowest BCUT2D eigenvalue weighted by Gasteiger charge is -2.47. The van der Waals surface area contributed by atoms with E-state index in [1.807, 2.05) is 24.3 Å². The van der Waals surface area contributed by atoms with Crippen LogP contribution in [0.4, 0.5) is 4.39 Å². The molecule has 1 aromatic heterocycles. The van der Waals surface area contributed by atoms with E-state index in [2.05, 4.69) is 35.2 Å². The van der Waals surface area contributed by atoms with Crippen LogP contribution in [0.1, 0.15) is 88.1 Å². The molecule has 2 atom stereocenters. The molecule has 0 bridgehead atoms. The zero-order valence-electron chi connectivity index (χ0n) is 22.9. The summed E-state index contributed by atoms with van der Waals surface area (Å²) in [6.45, 7) is 6.05. The number of ether oxygens (including phenoxy) is 1. The number of carbonyl (C=O) groups excluding carboxylic acids is 1. The lowest BCUT2D eigenvalue weighted by atomic mass is 9.65. The molecule has 0 spiro atoms. The van der Waals surface area contributed by atoms with Crippen LogP contribution in [0, 0.1) is 17.7 Å². The molecule has 5 nitrogen and oxygen atoms in total. The van der Waals surface area contributed by atoms with Crippen LogP contribution in [0.15, 0.2) is 42.5 Å². The molecule has 2 aliphatic rings. The van der Waals surface area contributed by atoms with Crippen LogP contribution in [0.3, 0.4) is 0 Å². The van der Waals surface area contributed by atoms with Crippen molar-refractivity contribution in [3.05, 3.63) is 65.2 Å². The van der Waals surface area contributed by atoms with Crippen LogP contribution in [0.2, 0.25) is 0 Å². The molecular weight excluding hydrogens is 477 g/mol. The first-order valence-corrected chi connectivity index (χ1v) is 14.6. The van der Waals surface area contributed by atoms with Crippen LogP contribution in [0.25, 0.3) is 11.0 Å². The summed E-state index contributed by atoms with van der Waals surface area (Å²) >= 11 is 0. The number of imidazole rings is 1. The summed E-state index contributed by atoms with van der Waals surface area (Å²) in [4.78, 5) is 21.5. The Hall–Kier alpha value is -2.73. The van der Waals surface area contributed by atoms with Gasteiger partial charge in [-0.05, 0) is 86.5 Å². The third kappa shape index (κ3) is 5.96. The maximum atomic E-state index is 14.1. The molecule has 3 aromatic rings. The smallest absolute Gasteiger partial charge is 0.309 e. The summed E-state index contributed by atoms with van der Waals surface area (Å²) < 4.78 is 20.7. The number of rotatable bonds is 10. The monoisotopic (exact) mass is 519 g/mol. The molecule has 0 amide bonds. The van der Waals surface area contributed by atoms with E-state index in [9.17, 15) is 9.18 Å². The number of hydrogen-bond acceptors (Lipinski definition) is 4. The largest absolute Gasteiger partial charge is 0.458 e. The Bertz CT molecular complexity index is 1200. The molecule has 2 aliphatic carbocycles. The molecule has 38 heavy (non-hydrogen) atoms. The Balaban J connectivity index is 1.25. The SMILES string of the molecule is CC(C)[C@H]1c2ccc(F)cc2CC[C@]1(CCNCCCc1nc2ccccc2[nH]1)OC(=O)C1CCCCC1. The minimum absolute atomic E-state index is 0.0137. The molecule has 5 rings (SSSR count). The van der Waals surface area contributed by atoms with Gasteiger partial charge in [0.15, 0.2) is 0 Å². The van der Waals surface area contributed by atoms with Crippen LogP contribution in [-0.4, -0.2) is 34.6 Å². The first-order valence-electron chi connectivity index (χ1n) is 14.6. The van der Waals surface area contributed by atoms with Crippen molar-refractivity contribution in [3.63, 3.8) is 0 Å². The molecule has 204 valence electrons. The van der Waals surface area contributed by atoms with E-state index in [1.54, 1.807) is 12.1 Å². The van der Waals surface area contributed by atoms with Crippen molar-refractivity contribution >= 4 is 17.0 Å². The summed E-state index contributed by atoms with van der Waals surface area (Å²) in [6.07, 6.45) is 9.39. The zero-order chi connectivity index (χ0) is 26.5. The van der Waals surface area contributed by atoms with Gasteiger partial charge in [0.05, 0.1) is 17.0 Å². The predicted octanol–water partition coefficient (Wildman–Crippen LogP) is 6.86. The second-order valence-corrected chi connectivity index (χ2v) is 11.7. The second-order valence-electron chi connectivity index (χ2n) is 11.7. The molecule has 0 radical (unpaired) electrons. The minimum Gasteiger partial charge on any atom is -0.458 e. The number of H-pyrrole nitrogens is 1. The molecule has 6 heteroatoms. The molecule has 2 aromatic carbocycles. The second kappa shape index (κ2) is 12.0. The highest BCUT2D eigenvalue weighted by Gasteiger charge is 2.48. The van der Waals surface area contributed by atoms with Crippen LogP contribution in [0.5, 0.6) is 0 Å². The van der Waals surface area contributed by atoms with Crippen molar-refractivity contribution in [2.24, 2.45) is 11.8 Å². The Labute approximate surface area is 226 Å². The molecule has 1 saturated carbocycles. The fourth-order valence-electron chi connectivity index (χ4n) is 6.84. The van der Waals surface area contributed by atoms with Crippen molar-refractivity contribution in [1.29, 1.82) is 0 Å². The van der Waals surface area contributed by atoms with E-state index < -0.39 is 5.60 Å². The highest BCUT2D eigenvalue weighted by atomic mass is 19.1. The summed E-state index contributed by atoms with van der Waals surface area (Å²) in [5.41, 5.74) is 3.73. The van der Waals surface area contributed by atoms with Gasteiger partial charge in [-0.3, -0.25) is 4.79 Å². The molecular formula is C32H42FN3O2. The number of nitrogens with zero attached hydrogens (tertiary/aromatic N) is 1. The van der Waals surface area contributed by atoms with Crippen molar-refractivity contribution in [2.45, 2.75) is 89.6 Å². The van der Waals surface area contributed by atoms with Crippen LogP contribution >= 0.6 is 0 Å². The average Bonchev–Trinajstić information content (AvgIpc) is 3.34. The number of esters is 1. The molecule has 0 unspecified atom stereocenters. The lowest BCUT2D eigenvalue weighted by molar-refractivity contribution is -0.173. The number of carbonyl (C=O) groups is 1. The van der Waals surface area contributed by atoms with Crippen LogP contribution < -0.4 is 5.32 Å². The number of nitrogens with one attached hydrogen (secondary N) is 2. The maximum Gasteiger partial charge on any atom is 0.309 e. The summed E-state index contributed by atoms with van der Waals surface area (Å²) in [5.74, 6) is 1.14. The van der Waals surface area contributed by atoms with E-state index in [0.29, 0.717) is 0 Å². The van der Waals surface area contributed by atoms with E-state index in [1.165, 1.54) is 6.42 Å². The van der Waals surface area contributed by atoms with Gasteiger partial charge in [0.25, 0.3) is 0 Å². The number of aryl methyl sites for hydroxylation is 2. The third-order valence-electron chi connectivity index (χ3n) is 8.66. The number of para-hydroxylation sites is 2. The van der Waals surface area contributed by atoms with Crippen molar-refractivity contribution in [2.75, 3.05) is 13.1 Å². The van der Waals surface area contributed by atoms with Crippen LogP contribution in [-0.2, 0) is 22.4 Å². The van der Waals surface area contributed by atoms with Gasteiger partial charge in [0.2, 0.25) is 0 Å². The number of halogens is 1. The Kier molecular flexibility index (Phi) is 8.47. The quantitative estimate of drug-likeness (QED) is 0.227. The molecule has 1 heterocycles. The fraction of sp³-hybridized carbons (Fsp3) is 0.562. The first kappa shape index (κ1) is 26.9. The Morgan fingerprint density at radius 1 is 1.16 bits per heavy atom. The normalized spacial score (nSPS) is 22.1. The van der Waals surface area contributed by atoms with E-state index in [-0.39, 0.29) is 29.5 Å². The van der Waals surface area contributed by atoms with Gasteiger partial charge in [0.1, 0.15) is 17.2 Å². The van der Waals surface area contributed by atoms with Gasteiger partial charge in [-0.1, -0.05) is 51.3 Å². The minimum atomic E-state index is -0.570. The topological polar surface area (TPSA) is 67.0 Å². The van der Waals surface area contributed by atoms with E-state index >= 15 is 0 Å². The molecule has 0 saturated heterocycles. The van der Waals surface area contributed by atoms with Gasteiger partial charge < -0.3 is 15.0 Å². The highest BCUT2D eigenvalue weighted by molar-refractivity contribution is 5.74. The Morgan fingerprint density at radius 2 is 1.97 bits per heavy atom. The number of fused-ring (bicyclic) bond motifs is 2. The summed E-state index contributed by atoms with van der Waals surface area (Å²) in [6, 6.07) is 13.3. The summed E-state index contributed by atoms with van der Waals surface area (Å²) in [5, 5.41) is 3.61. The molecule has 0 aliphatic heterocycles. The lowest BCUT2D eigenvalue weighted by Crippen LogP contribution is -2.49. The van der Waals surface area contributed by atoms with E-state index in [4.69, 9.17) is 4.74 Å². The van der Waals surface area contributed by atoms with Gasteiger partial charge >= 0.3 is 5.97 Å². The number of hydrogen-bond donors (Lipinski definition) is 2. The first-order chi connectivity index (χ1) is 18.4. The average molecular weight is 520 g/mol. The summed E-state index contributed by atoms with van der Waals surface area (Å²) in [7, 11) is 0. The molecule has 2 N–H and O–H groups in total. The number of aromatic amines is 1.